The number of benzene rings is 3. The van der Waals surface area contributed by atoms with Crippen LogP contribution >= 0.6 is 11.6 Å². The second kappa shape index (κ2) is 14.8. The highest BCUT2D eigenvalue weighted by Gasteiger charge is 2.35. The van der Waals surface area contributed by atoms with E-state index in [2.05, 4.69) is 49.4 Å². The summed E-state index contributed by atoms with van der Waals surface area (Å²) in [5.74, 6) is -0.419. The van der Waals surface area contributed by atoms with Gasteiger partial charge in [0.25, 0.3) is 0 Å². The number of nitrogens with two attached hydrogens (primary N) is 1. The number of aromatic nitrogens is 2. The Morgan fingerprint density at radius 1 is 0.979 bits per heavy atom. The first-order valence-electron chi connectivity index (χ1n) is 16.4. The van der Waals surface area contributed by atoms with Crippen LogP contribution in [-0.4, -0.2) is 83.2 Å². The number of ether oxygens (including phenoxy) is 1. The maximum atomic E-state index is 12.8. The molecule has 2 fully saturated rings. The Morgan fingerprint density at radius 2 is 1.67 bits per heavy atom. The van der Waals surface area contributed by atoms with Crippen molar-refractivity contribution >= 4 is 28.4 Å². The van der Waals surface area contributed by atoms with Gasteiger partial charge in [0.15, 0.2) is 0 Å². The number of nitrogens with zero attached hydrogens (tertiary/aromatic N) is 4. The lowest BCUT2D eigenvalue weighted by Crippen LogP contribution is -2.59. The van der Waals surface area contributed by atoms with Crippen molar-refractivity contribution in [3.05, 3.63) is 82.9 Å². The predicted molar refractivity (Wildman–Crippen MR) is 181 cm³/mol. The van der Waals surface area contributed by atoms with Gasteiger partial charge in [-0.1, -0.05) is 35.9 Å². The molecule has 0 radical (unpaired) electrons. The van der Waals surface area contributed by atoms with Crippen molar-refractivity contribution in [3.63, 3.8) is 0 Å². The quantitative estimate of drug-likeness (QED) is 0.188. The fourth-order valence-corrected chi connectivity index (χ4v) is 6.66. The minimum atomic E-state index is -4.77. The van der Waals surface area contributed by atoms with Crippen LogP contribution in [0.5, 0.6) is 5.75 Å². The number of alkyl halides is 3. The molecule has 3 aromatic carbocycles. The van der Waals surface area contributed by atoms with Gasteiger partial charge in [0.05, 0.1) is 11.1 Å². The van der Waals surface area contributed by atoms with E-state index in [0.717, 1.165) is 79.4 Å². The highest BCUT2D eigenvalue weighted by Crippen LogP contribution is 2.32. The number of fused-ring (bicyclic) bond motifs is 1. The summed E-state index contributed by atoms with van der Waals surface area (Å²) in [5, 5.41) is 12.8. The van der Waals surface area contributed by atoms with Gasteiger partial charge in [0.1, 0.15) is 11.4 Å². The molecule has 0 spiro atoms. The number of hydrogen-bond donors (Lipinski definition) is 3. The van der Waals surface area contributed by atoms with Crippen molar-refractivity contribution in [3.8, 4) is 17.0 Å². The van der Waals surface area contributed by atoms with Crippen LogP contribution in [0.1, 0.15) is 30.4 Å². The third kappa shape index (κ3) is 8.48. The Hall–Kier alpha value is -3.68. The van der Waals surface area contributed by atoms with E-state index in [1.165, 1.54) is 12.1 Å². The van der Waals surface area contributed by atoms with Gasteiger partial charge in [-0.2, -0.15) is 5.10 Å². The van der Waals surface area contributed by atoms with Crippen LogP contribution in [0.15, 0.2) is 66.7 Å². The number of rotatable bonds is 11. The zero-order chi connectivity index (χ0) is 33.7. The average molecular weight is 684 g/mol. The normalized spacial score (nSPS) is 17.4. The first kappa shape index (κ1) is 34.2. The Labute approximate surface area is 283 Å². The highest BCUT2D eigenvalue weighted by molar-refractivity contribution is 6.31. The molecule has 48 heavy (non-hydrogen) atoms. The van der Waals surface area contributed by atoms with Crippen molar-refractivity contribution in [2.24, 2.45) is 5.73 Å². The molecule has 13 heteroatoms. The summed E-state index contributed by atoms with van der Waals surface area (Å²) in [6, 6.07) is 20.0. The van der Waals surface area contributed by atoms with Crippen LogP contribution in [0, 0.1) is 0 Å². The number of aryl methyl sites for hydroxylation is 1. The summed E-state index contributed by atoms with van der Waals surface area (Å²) in [6.45, 7) is 7.72. The van der Waals surface area contributed by atoms with E-state index in [0.29, 0.717) is 43.6 Å². The summed E-state index contributed by atoms with van der Waals surface area (Å²) in [6.07, 6.45) is -2.94. The molecule has 4 aromatic rings. The number of carbonyl (C=O) groups excluding carboxylic acids is 1. The molecule has 0 unspecified atom stereocenters. The van der Waals surface area contributed by atoms with E-state index >= 15 is 0 Å². The maximum absolute atomic E-state index is 12.8. The molecule has 0 saturated carbocycles. The standard InChI is InChI=1S/C35H41ClF3N7O2/c36-30-5-2-1-4-27(30)24-45-20-18-44(19-21-45)23-25-6-11-31-29(22-25)32(26-7-9-28(10-8-26)48-35(37,38)39)43-46(31)17-3-14-42-33(47)34(40)12-15-41-16-13-34/h1-2,4-11,22,41H,3,12-21,23-24,40H2,(H,42,47). The van der Waals surface area contributed by atoms with Crippen LogP contribution in [0.3, 0.4) is 0 Å². The van der Waals surface area contributed by atoms with Crippen LogP contribution < -0.4 is 21.1 Å². The largest absolute Gasteiger partial charge is 0.573 e. The lowest BCUT2D eigenvalue weighted by atomic mass is 9.88. The Morgan fingerprint density at radius 3 is 2.35 bits per heavy atom. The van der Waals surface area contributed by atoms with Gasteiger partial charge >= 0.3 is 6.36 Å². The Kier molecular flexibility index (Phi) is 10.6. The van der Waals surface area contributed by atoms with Crippen molar-refractivity contribution in [2.45, 2.75) is 50.8 Å². The van der Waals surface area contributed by atoms with Gasteiger partial charge < -0.3 is 21.1 Å². The van der Waals surface area contributed by atoms with Crippen molar-refractivity contribution in [2.75, 3.05) is 45.8 Å². The van der Waals surface area contributed by atoms with E-state index in [1.807, 2.05) is 22.9 Å². The summed E-state index contributed by atoms with van der Waals surface area (Å²) in [4.78, 5) is 17.6. The van der Waals surface area contributed by atoms with E-state index in [9.17, 15) is 18.0 Å². The van der Waals surface area contributed by atoms with Crippen LogP contribution in [-0.2, 0) is 24.4 Å². The summed E-state index contributed by atoms with van der Waals surface area (Å²) >= 11 is 6.38. The number of amides is 1. The van der Waals surface area contributed by atoms with Gasteiger partial charge in [0.2, 0.25) is 5.91 Å². The molecular formula is C35H41ClF3N7O2. The molecule has 4 N–H and O–H groups in total. The topological polar surface area (TPSA) is 101 Å². The van der Waals surface area contributed by atoms with Gasteiger partial charge in [-0.3, -0.25) is 19.3 Å². The molecule has 0 bridgehead atoms. The van der Waals surface area contributed by atoms with E-state index in [4.69, 9.17) is 22.4 Å². The van der Waals surface area contributed by atoms with Gasteiger partial charge in [-0.25, -0.2) is 0 Å². The van der Waals surface area contributed by atoms with Crippen LogP contribution in [0.25, 0.3) is 22.2 Å². The summed E-state index contributed by atoms with van der Waals surface area (Å²) in [7, 11) is 0. The zero-order valence-corrected chi connectivity index (χ0v) is 27.5. The van der Waals surface area contributed by atoms with Gasteiger partial charge in [-0.05, 0) is 85.9 Å². The summed E-state index contributed by atoms with van der Waals surface area (Å²) < 4.78 is 44.3. The highest BCUT2D eigenvalue weighted by atomic mass is 35.5. The zero-order valence-electron chi connectivity index (χ0n) is 26.7. The Bertz CT molecular complexity index is 1700. The number of nitrogens with one attached hydrogen (secondary N) is 2. The monoisotopic (exact) mass is 683 g/mol. The molecule has 6 rings (SSSR count). The van der Waals surface area contributed by atoms with E-state index in [-0.39, 0.29) is 11.7 Å². The SMILES string of the molecule is NC1(C(=O)NCCCn2nc(-c3ccc(OC(F)(F)F)cc3)c3cc(CN4CCN(Cc5ccccc5Cl)CC4)ccc32)CCNCC1. The molecule has 3 heterocycles. The number of piperazine rings is 1. The lowest BCUT2D eigenvalue weighted by Gasteiger charge is -2.35. The fourth-order valence-electron chi connectivity index (χ4n) is 6.46. The minimum absolute atomic E-state index is 0.134. The smallest absolute Gasteiger partial charge is 0.406 e. The first-order valence-corrected chi connectivity index (χ1v) is 16.8. The molecule has 9 nitrogen and oxygen atoms in total. The maximum Gasteiger partial charge on any atom is 0.573 e. The van der Waals surface area contributed by atoms with Gasteiger partial charge in [-0.15, -0.1) is 13.2 Å². The van der Waals surface area contributed by atoms with Crippen molar-refractivity contribution < 1.29 is 22.7 Å². The first-order chi connectivity index (χ1) is 23.1. The molecule has 0 atom stereocenters. The second-order valence-electron chi connectivity index (χ2n) is 12.7. The number of halogens is 4. The average Bonchev–Trinajstić information content (AvgIpc) is 3.42. The molecule has 2 aliphatic rings. The molecule has 2 aliphatic heterocycles. The van der Waals surface area contributed by atoms with Crippen molar-refractivity contribution in [1.82, 2.24) is 30.2 Å². The third-order valence-electron chi connectivity index (χ3n) is 9.18. The molecule has 2 saturated heterocycles. The third-order valence-corrected chi connectivity index (χ3v) is 9.55. The van der Waals surface area contributed by atoms with Crippen molar-refractivity contribution in [1.29, 1.82) is 0 Å². The molecular weight excluding hydrogens is 643 g/mol. The van der Waals surface area contributed by atoms with E-state index < -0.39 is 11.9 Å². The summed E-state index contributed by atoms with van der Waals surface area (Å²) in [5.41, 5.74) is 10.0. The van der Waals surface area contributed by atoms with Gasteiger partial charge in [0, 0.05) is 68.3 Å². The fraction of sp³-hybridized carbons (Fsp3) is 0.429. The molecule has 1 aromatic heterocycles. The Balaban J connectivity index is 1.15. The van der Waals surface area contributed by atoms with Crippen LogP contribution in [0.2, 0.25) is 5.02 Å². The lowest BCUT2D eigenvalue weighted by molar-refractivity contribution is -0.274. The van der Waals surface area contributed by atoms with Crippen LogP contribution in [0.4, 0.5) is 13.2 Å². The predicted octanol–water partition coefficient (Wildman–Crippen LogP) is 5.16. The molecule has 256 valence electrons. The minimum Gasteiger partial charge on any atom is -0.406 e. The molecule has 0 aliphatic carbocycles. The second-order valence-corrected chi connectivity index (χ2v) is 13.1. The van der Waals surface area contributed by atoms with E-state index in [1.54, 1.807) is 12.1 Å². The number of carbonyl (C=O) groups is 1. The molecule has 1 amide bonds. The number of piperidine rings is 1. The number of hydrogen-bond acceptors (Lipinski definition) is 7.